The number of nitrogens with zero attached hydrogens (tertiary/aromatic N) is 1. The van der Waals surface area contributed by atoms with Gasteiger partial charge in [-0.2, -0.15) is 0 Å². The summed E-state index contributed by atoms with van der Waals surface area (Å²) in [6.45, 7) is 3.25. The maximum absolute atomic E-state index is 12.2. The number of aromatic carboxylic acids is 1. The van der Waals surface area contributed by atoms with Crippen molar-refractivity contribution in [2.24, 2.45) is 11.7 Å². The average molecular weight is 276 g/mol. The van der Waals surface area contributed by atoms with Gasteiger partial charge in [0.1, 0.15) is 0 Å². The van der Waals surface area contributed by atoms with Crippen molar-refractivity contribution in [3.8, 4) is 0 Å². The van der Waals surface area contributed by atoms with Crippen LogP contribution in [0.3, 0.4) is 0 Å². The Kier molecular flexibility index (Phi) is 4.39. The van der Waals surface area contributed by atoms with Gasteiger partial charge in [0.05, 0.1) is 5.56 Å². The Morgan fingerprint density at radius 1 is 1.45 bits per heavy atom. The molecule has 0 aromatic heterocycles. The minimum Gasteiger partial charge on any atom is -0.478 e. The second kappa shape index (κ2) is 6.05. The van der Waals surface area contributed by atoms with Gasteiger partial charge in [-0.25, -0.2) is 4.79 Å². The van der Waals surface area contributed by atoms with Gasteiger partial charge in [-0.3, -0.25) is 4.79 Å². The predicted octanol–water partition coefficient (Wildman–Crippen LogP) is 1.65. The van der Waals surface area contributed by atoms with Crippen LogP contribution >= 0.6 is 0 Å². The molecular formula is C15H20N2O3. The van der Waals surface area contributed by atoms with Gasteiger partial charge >= 0.3 is 5.97 Å². The molecule has 5 heteroatoms. The van der Waals surface area contributed by atoms with Gasteiger partial charge < -0.3 is 15.7 Å². The molecule has 1 aromatic rings. The van der Waals surface area contributed by atoms with Crippen molar-refractivity contribution >= 4 is 17.6 Å². The fourth-order valence-corrected chi connectivity index (χ4v) is 2.42. The summed E-state index contributed by atoms with van der Waals surface area (Å²) in [6, 6.07) is 4.94. The van der Waals surface area contributed by atoms with Gasteiger partial charge in [-0.1, -0.05) is 6.92 Å². The zero-order valence-corrected chi connectivity index (χ0v) is 11.6. The van der Waals surface area contributed by atoms with Crippen LogP contribution in [0.2, 0.25) is 0 Å². The zero-order chi connectivity index (χ0) is 14.7. The number of nitrogens with two attached hydrogens (primary N) is 1. The quantitative estimate of drug-likeness (QED) is 0.856. The molecule has 108 valence electrons. The second-order valence-corrected chi connectivity index (χ2v) is 5.32. The van der Waals surface area contributed by atoms with Crippen molar-refractivity contribution in [2.75, 3.05) is 18.0 Å². The van der Waals surface area contributed by atoms with Crippen molar-refractivity contribution in [1.29, 1.82) is 0 Å². The molecule has 1 aliphatic rings. The van der Waals surface area contributed by atoms with Crippen LogP contribution in [0.4, 0.5) is 5.69 Å². The fourth-order valence-electron chi connectivity index (χ4n) is 2.42. The molecule has 0 saturated heterocycles. The number of rotatable bonds is 5. The number of benzene rings is 1. The Labute approximate surface area is 118 Å². The SMILES string of the molecule is CC(CN)CCC(=O)N1CCc2cc(C(=O)O)ccc21. The molecule has 1 aliphatic heterocycles. The number of amides is 1. The number of hydrogen-bond donors (Lipinski definition) is 2. The maximum atomic E-state index is 12.2. The van der Waals surface area contributed by atoms with E-state index in [2.05, 4.69) is 0 Å². The van der Waals surface area contributed by atoms with E-state index in [9.17, 15) is 9.59 Å². The molecule has 20 heavy (non-hydrogen) atoms. The van der Waals surface area contributed by atoms with E-state index in [4.69, 9.17) is 10.8 Å². The summed E-state index contributed by atoms with van der Waals surface area (Å²) in [5, 5.41) is 8.97. The first-order chi connectivity index (χ1) is 9.52. The first-order valence-corrected chi connectivity index (χ1v) is 6.89. The molecule has 3 N–H and O–H groups in total. The van der Waals surface area contributed by atoms with Crippen molar-refractivity contribution < 1.29 is 14.7 Å². The van der Waals surface area contributed by atoms with Crippen LogP contribution in [0.1, 0.15) is 35.7 Å². The number of carboxylic acid groups (broad SMARTS) is 1. The van der Waals surface area contributed by atoms with E-state index in [-0.39, 0.29) is 11.5 Å². The molecular weight excluding hydrogens is 256 g/mol. The first-order valence-electron chi connectivity index (χ1n) is 6.89. The molecule has 0 saturated carbocycles. The Morgan fingerprint density at radius 3 is 2.85 bits per heavy atom. The molecule has 0 bridgehead atoms. The van der Waals surface area contributed by atoms with E-state index in [1.807, 2.05) is 6.92 Å². The summed E-state index contributed by atoms with van der Waals surface area (Å²) >= 11 is 0. The van der Waals surface area contributed by atoms with Crippen molar-refractivity contribution in [3.63, 3.8) is 0 Å². The third kappa shape index (κ3) is 2.99. The molecule has 1 aromatic carbocycles. The molecule has 1 unspecified atom stereocenters. The van der Waals surface area contributed by atoms with E-state index >= 15 is 0 Å². The number of carbonyl (C=O) groups is 2. The van der Waals surface area contributed by atoms with E-state index in [0.29, 0.717) is 31.8 Å². The van der Waals surface area contributed by atoms with Crippen LogP contribution in [0, 0.1) is 5.92 Å². The highest BCUT2D eigenvalue weighted by atomic mass is 16.4. The third-order valence-electron chi connectivity index (χ3n) is 3.78. The zero-order valence-electron chi connectivity index (χ0n) is 11.6. The molecule has 0 spiro atoms. The van der Waals surface area contributed by atoms with E-state index in [1.54, 1.807) is 23.1 Å². The molecule has 2 rings (SSSR count). The number of anilines is 1. The molecule has 0 radical (unpaired) electrons. The topological polar surface area (TPSA) is 83.6 Å². The monoisotopic (exact) mass is 276 g/mol. The Bertz CT molecular complexity index is 528. The van der Waals surface area contributed by atoms with Crippen LogP contribution in [-0.2, 0) is 11.2 Å². The standard InChI is InChI=1S/C15H20N2O3/c1-10(9-16)2-5-14(18)17-7-6-11-8-12(15(19)20)3-4-13(11)17/h3-4,8,10H,2,5-7,9,16H2,1H3,(H,19,20). The Hall–Kier alpha value is -1.88. The highest BCUT2D eigenvalue weighted by Gasteiger charge is 2.25. The minimum atomic E-state index is -0.936. The number of carboxylic acids is 1. The summed E-state index contributed by atoms with van der Waals surface area (Å²) in [5.74, 6) is -0.503. The highest BCUT2D eigenvalue weighted by Crippen LogP contribution is 2.29. The predicted molar refractivity (Wildman–Crippen MR) is 76.9 cm³/mol. The summed E-state index contributed by atoms with van der Waals surface area (Å²) in [6.07, 6.45) is 1.99. The van der Waals surface area contributed by atoms with Gasteiger partial charge in [0.15, 0.2) is 0 Å². The lowest BCUT2D eigenvalue weighted by molar-refractivity contribution is -0.118. The maximum Gasteiger partial charge on any atom is 0.335 e. The fraction of sp³-hybridized carbons (Fsp3) is 0.467. The number of hydrogen-bond acceptors (Lipinski definition) is 3. The molecule has 0 fully saturated rings. The van der Waals surface area contributed by atoms with Crippen LogP contribution in [-0.4, -0.2) is 30.1 Å². The minimum absolute atomic E-state index is 0.0899. The van der Waals surface area contributed by atoms with Crippen molar-refractivity contribution in [3.05, 3.63) is 29.3 Å². The van der Waals surface area contributed by atoms with Crippen molar-refractivity contribution in [2.45, 2.75) is 26.2 Å². The normalized spacial score (nSPS) is 15.0. The second-order valence-electron chi connectivity index (χ2n) is 5.32. The molecule has 0 aliphatic carbocycles. The number of carbonyl (C=O) groups excluding carboxylic acids is 1. The van der Waals surface area contributed by atoms with E-state index in [1.165, 1.54) is 0 Å². The highest BCUT2D eigenvalue weighted by molar-refractivity contribution is 5.96. The van der Waals surface area contributed by atoms with Crippen LogP contribution in [0.25, 0.3) is 0 Å². The largest absolute Gasteiger partial charge is 0.478 e. The van der Waals surface area contributed by atoms with Gasteiger partial charge in [-0.15, -0.1) is 0 Å². The van der Waals surface area contributed by atoms with Gasteiger partial charge in [0.2, 0.25) is 5.91 Å². The summed E-state index contributed by atoms with van der Waals surface area (Å²) < 4.78 is 0. The Morgan fingerprint density at radius 2 is 2.20 bits per heavy atom. The molecule has 1 amide bonds. The smallest absolute Gasteiger partial charge is 0.335 e. The van der Waals surface area contributed by atoms with E-state index in [0.717, 1.165) is 17.7 Å². The molecule has 5 nitrogen and oxygen atoms in total. The molecule has 1 atom stereocenters. The average Bonchev–Trinajstić information content (AvgIpc) is 2.87. The van der Waals surface area contributed by atoms with Gasteiger partial charge in [0, 0.05) is 18.7 Å². The summed E-state index contributed by atoms with van der Waals surface area (Å²) in [5.41, 5.74) is 7.61. The van der Waals surface area contributed by atoms with Gasteiger partial charge in [-0.05, 0) is 49.1 Å². The van der Waals surface area contributed by atoms with Crippen LogP contribution in [0.5, 0.6) is 0 Å². The summed E-state index contributed by atoms with van der Waals surface area (Å²) in [7, 11) is 0. The third-order valence-corrected chi connectivity index (χ3v) is 3.78. The van der Waals surface area contributed by atoms with Crippen molar-refractivity contribution in [1.82, 2.24) is 0 Å². The lowest BCUT2D eigenvalue weighted by Gasteiger charge is -2.18. The molecule has 1 heterocycles. The van der Waals surface area contributed by atoms with E-state index < -0.39 is 5.97 Å². The summed E-state index contributed by atoms with van der Waals surface area (Å²) in [4.78, 5) is 24.9. The lowest BCUT2D eigenvalue weighted by Crippen LogP contribution is -2.29. The number of fused-ring (bicyclic) bond motifs is 1. The first kappa shape index (κ1) is 14.5. The van der Waals surface area contributed by atoms with Crippen LogP contribution < -0.4 is 10.6 Å². The Balaban J connectivity index is 2.08. The lowest BCUT2D eigenvalue weighted by atomic mass is 10.1. The van der Waals surface area contributed by atoms with Gasteiger partial charge in [0.25, 0.3) is 0 Å². The van der Waals surface area contributed by atoms with Crippen LogP contribution in [0.15, 0.2) is 18.2 Å².